The van der Waals surface area contributed by atoms with E-state index in [4.69, 9.17) is 9.84 Å². The second-order valence-corrected chi connectivity index (χ2v) is 12.9. The number of likely N-dealkylation sites (tertiary alicyclic amines) is 1. The van der Waals surface area contributed by atoms with Crippen molar-refractivity contribution in [1.82, 2.24) is 4.90 Å². The number of hydrogen-bond donors (Lipinski definition) is 4. The lowest BCUT2D eigenvalue weighted by atomic mass is 9.68. The molecule has 2 aromatic rings. The lowest BCUT2D eigenvalue weighted by Crippen LogP contribution is -2.40. The number of phenolic OH excluding ortho intramolecular Hbond substituents is 1. The summed E-state index contributed by atoms with van der Waals surface area (Å²) in [6, 6.07) is 13.2. The molecular weight excluding hydrogens is 598 g/mol. The van der Waals surface area contributed by atoms with Crippen LogP contribution in [0.15, 0.2) is 59.2 Å². The number of unbranched alkanes of at least 4 members (excludes halogenated alkanes) is 2. The quantitative estimate of drug-likeness (QED) is 0.0935. The predicted octanol–water partition coefficient (Wildman–Crippen LogP) is 5.97. The minimum Gasteiger partial charge on any atom is -0.507 e. The van der Waals surface area contributed by atoms with Crippen molar-refractivity contribution in [3.63, 3.8) is 0 Å². The van der Waals surface area contributed by atoms with E-state index in [1.165, 1.54) is 4.90 Å². The van der Waals surface area contributed by atoms with Gasteiger partial charge in [-0.05, 0) is 104 Å². The number of benzene rings is 2. The number of hydrogen-bond acceptors (Lipinski definition) is 7. The Bertz CT molecular complexity index is 1460. The van der Waals surface area contributed by atoms with Gasteiger partial charge in [-0.25, -0.2) is 0 Å². The number of rotatable bonds is 17. The van der Waals surface area contributed by atoms with Gasteiger partial charge in [0.2, 0.25) is 11.8 Å². The highest BCUT2D eigenvalue weighted by molar-refractivity contribution is 6.05. The first-order valence-electron chi connectivity index (χ1n) is 16.8. The minimum absolute atomic E-state index is 0.0407. The number of fused-ring (bicyclic) bond motifs is 1. The van der Waals surface area contributed by atoms with Crippen molar-refractivity contribution in [1.29, 1.82) is 0 Å². The molecule has 2 aromatic carbocycles. The van der Waals surface area contributed by atoms with E-state index in [1.54, 1.807) is 0 Å². The number of imide groups is 1. The van der Waals surface area contributed by atoms with Crippen LogP contribution in [-0.4, -0.2) is 69.0 Å². The van der Waals surface area contributed by atoms with Crippen LogP contribution in [0.2, 0.25) is 0 Å². The fourth-order valence-corrected chi connectivity index (χ4v) is 7.16. The van der Waals surface area contributed by atoms with Gasteiger partial charge >= 0.3 is 5.97 Å². The van der Waals surface area contributed by atoms with Gasteiger partial charge in [0, 0.05) is 18.9 Å². The Balaban J connectivity index is 1.58. The van der Waals surface area contributed by atoms with Crippen molar-refractivity contribution < 1.29 is 39.5 Å². The summed E-state index contributed by atoms with van der Waals surface area (Å²) in [6.07, 6.45) is 5.71. The molecule has 254 valence electrons. The number of aromatic hydroxyl groups is 1. The standard InChI is InChI=1S/C38H49NO8/c1-4-11-26(20-27-18-24(2)36(44)25(3)19-27)15-16-32(41)34-28(23-47-29-12-7-5-8-13-29)21-30-35(31(34)22-40)38(46)39(37(30)45)17-10-6-9-14-33(42)43/h5,7-8,12-13,18-20,30-32,35,40-41,44H,4,6,9-11,14-17,21-23H2,1-3H3,(H,42,43)/b26-20+/t30-,31+,32-,35-/m1/s1. The summed E-state index contributed by atoms with van der Waals surface area (Å²) < 4.78 is 6.10. The summed E-state index contributed by atoms with van der Waals surface area (Å²) >= 11 is 0. The molecule has 0 unspecified atom stereocenters. The molecule has 47 heavy (non-hydrogen) atoms. The van der Waals surface area contributed by atoms with Crippen molar-refractivity contribution in [3.8, 4) is 11.5 Å². The number of nitrogens with zero attached hydrogens (tertiary/aromatic N) is 1. The van der Waals surface area contributed by atoms with Gasteiger partial charge in [-0.2, -0.15) is 0 Å². The van der Waals surface area contributed by atoms with Gasteiger partial charge in [-0.3, -0.25) is 19.3 Å². The summed E-state index contributed by atoms with van der Waals surface area (Å²) in [5, 5.41) is 41.7. The molecule has 9 heteroatoms. The summed E-state index contributed by atoms with van der Waals surface area (Å²) in [5.41, 5.74) is 5.05. The van der Waals surface area contributed by atoms with Crippen LogP contribution in [0.25, 0.3) is 6.08 Å². The zero-order valence-corrected chi connectivity index (χ0v) is 27.8. The van der Waals surface area contributed by atoms with Crippen molar-refractivity contribution in [2.45, 2.75) is 84.7 Å². The molecule has 4 atom stereocenters. The van der Waals surface area contributed by atoms with Crippen LogP contribution in [0.5, 0.6) is 11.5 Å². The first kappa shape index (κ1) is 35.9. The molecule has 0 saturated carbocycles. The SMILES string of the molecule is CCC/C(=C\c1cc(C)c(O)c(C)c1)CC[C@@H](O)C1=C(COc2ccccc2)C[C@H]2C(=O)N(CCCCCC(=O)O)C(=O)[C@H]2[C@H]1CO. The third-order valence-electron chi connectivity index (χ3n) is 9.45. The number of amides is 2. The highest BCUT2D eigenvalue weighted by atomic mass is 16.5. The molecule has 1 saturated heterocycles. The van der Waals surface area contributed by atoms with Crippen LogP contribution in [0.4, 0.5) is 0 Å². The van der Waals surface area contributed by atoms with Crippen LogP contribution in [0.3, 0.4) is 0 Å². The lowest BCUT2D eigenvalue weighted by Gasteiger charge is -2.36. The molecule has 1 aliphatic heterocycles. The zero-order chi connectivity index (χ0) is 34.1. The molecule has 0 bridgehead atoms. The normalized spacial score (nSPS) is 20.5. The van der Waals surface area contributed by atoms with Crippen molar-refractivity contribution in [2.75, 3.05) is 19.8 Å². The van der Waals surface area contributed by atoms with Gasteiger partial charge in [-0.1, -0.05) is 49.6 Å². The number of para-hydroxylation sites is 1. The second-order valence-electron chi connectivity index (χ2n) is 12.9. The van der Waals surface area contributed by atoms with Crippen molar-refractivity contribution in [2.24, 2.45) is 17.8 Å². The number of aliphatic carboxylic acids is 1. The van der Waals surface area contributed by atoms with E-state index in [0.29, 0.717) is 43.4 Å². The van der Waals surface area contributed by atoms with E-state index in [-0.39, 0.29) is 43.6 Å². The smallest absolute Gasteiger partial charge is 0.303 e. The van der Waals surface area contributed by atoms with Crippen molar-refractivity contribution >= 4 is 23.9 Å². The van der Waals surface area contributed by atoms with E-state index in [9.17, 15) is 29.7 Å². The first-order chi connectivity index (χ1) is 22.5. The number of carbonyl (C=O) groups excluding carboxylic acids is 2. The minimum atomic E-state index is -0.959. The average molecular weight is 648 g/mol. The molecule has 4 N–H and O–H groups in total. The maximum absolute atomic E-state index is 13.7. The number of aryl methyl sites for hydroxylation is 2. The summed E-state index contributed by atoms with van der Waals surface area (Å²) in [4.78, 5) is 39.4. The van der Waals surface area contributed by atoms with Gasteiger partial charge < -0.3 is 25.2 Å². The predicted molar refractivity (Wildman–Crippen MR) is 180 cm³/mol. The Kier molecular flexibility index (Phi) is 12.8. The fraction of sp³-hybridized carbons (Fsp3) is 0.500. The molecule has 2 aliphatic rings. The molecular formula is C38H49NO8. The van der Waals surface area contributed by atoms with Crippen LogP contribution < -0.4 is 4.74 Å². The summed E-state index contributed by atoms with van der Waals surface area (Å²) in [6.45, 7) is 5.78. The van der Waals surface area contributed by atoms with Crippen LogP contribution in [0, 0.1) is 31.6 Å². The Hall–Kier alpha value is -3.95. The number of ether oxygens (including phenoxy) is 1. The lowest BCUT2D eigenvalue weighted by molar-refractivity contribution is -0.141. The molecule has 0 radical (unpaired) electrons. The summed E-state index contributed by atoms with van der Waals surface area (Å²) in [5.74, 6) is -2.72. The molecule has 2 amide bonds. The maximum Gasteiger partial charge on any atom is 0.303 e. The number of carbonyl (C=O) groups is 3. The zero-order valence-electron chi connectivity index (χ0n) is 27.8. The van der Waals surface area contributed by atoms with E-state index in [0.717, 1.165) is 40.7 Å². The third kappa shape index (κ3) is 8.90. The average Bonchev–Trinajstić information content (AvgIpc) is 3.28. The van der Waals surface area contributed by atoms with Gasteiger partial charge in [0.15, 0.2) is 0 Å². The van der Waals surface area contributed by atoms with E-state index in [1.807, 2.05) is 56.3 Å². The maximum atomic E-state index is 13.7. The Labute approximate surface area is 277 Å². The monoisotopic (exact) mass is 647 g/mol. The molecule has 9 nitrogen and oxygen atoms in total. The Morgan fingerprint density at radius 2 is 1.72 bits per heavy atom. The molecule has 1 fully saturated rings. The largest absolute Gasteiger partial charge is 0.507 e. The number of carboxylic acids is 1. The van der Waals surface area contributed by atoms with E-state index >= 15 is 0 Å². The number of phenols is 1. The van der Waals surface area contributed by atoms with Crippen molar-refractivity contribution in [3.05, 3.63) is 75.9 Å². The van der Waals surface area contributed by atoms with Gasteiger partial charge in [-0.15, -0.1) is 0 Å². The van der Waals surface area contributed by atoms with Gasteiger partial charge in [0.05, 0.1) is 24.5 Å². The Morgan fingerprint density at radius 3 is 2.36 bits per heavy atom. The Morgan fingerprint density at radius 1 is 1.02 bits per heavy atom. The second kappa shape index (κ2) is 16.7. The number of carboxylic acid groups (broad SMARTS) is 1. The highest BCUT2D eigenvalue weighted by Gasteiger charge is 2.54. The molecule has 0 spiro atoms. The third-order valence-corrected chi connectivity index (χ3v) is 9.45. The van der Waals surface area contributed by atoms with E-state index < -0.39 is 36.4 Å². The molecule has 1 aliphatic carbocycles. The topological polar surface area (TPSA) is 145 Å². The summed E-state index contributed by atoms with van der Waals surface area (Å²) in [7, 11) is 0. The van der Waals surface area contributed by atoms with Crippen LogP contribution in [-0.2, 0) is 14.4 Å². The molecule has 4 rings (SSSR count). The van der Waals surface area contributed by atoms with Crippen LogP contribution >= 0.6 is 0 Å². The van der Waals surface area contributed by atoms with E-state index in [2.05, 4.69) is 13.0 Å². The van der Waals surface area contributed by atoms with Crippen LogP contribution in [0.1, 0.15) is 81.4 Å². The highest BCUT2D eigenvalue weighted by Crippen LogP contribution is 2.46. The van der Waals surface area contributed by atoms with Gasteiger partial charge in [0.25, 0.3) is 0 Å². The number of aliphatic hydroxyl groups excluding tert-OH is 2. The number of aliphatic hydroxyl groups is 2. The first-order valence-corrected chi connectivity index (χ1v) is 16.8. The molecule has 0 aromatic heterocycles. The fourth-order valence-electron chi connectivity index (χ4n) is 7.16. The number of allylic oxidation sites excluding steroid dienone is 1. The van der Waals surface area contributed by atoms with Gasteiger partial charge in [0.1, 0.15) is 18.1 Å². The molecule has 1 heterocycles.